The van der Waals surface area contributed by atoms with Crippen LogP contribution in [-0.4, -0.2) is 42.1 Å². The van der Waals surface area contributed by atoms with Gasteiger partial charge in [0.05, 0.1) is 5.69 Å². The molecule has 0 unspecified atom stereocenters. The summed E-state index contributed by atoms with van der Waals surface area (Å²) in [5.41, 5.74) is 7.18. The van der Waals surface area contributed by atoms with Crippen LogP contribution in [-0.2, 0) is 0 Å². The zero-order valence-corrected chi connectivity index (χ0v) is 10.5. The fourth-order valence-corrected chi connectivity index (χ4v) is 1.41. The van der Waals surface area contributed by atoms with Gasteiger partial charge in [-0.05, 0) is 39.2 Å². The Bertz CT molecular complexity index is 352. The first-order chi connectivity index (χ1) is 7.59. The van der Waals surface area contributed by atoms with E-state index in [9.17, 15) is 0 Å². The van der Waals surface area contributed by atoms with Gasteiger partial charge in [-0.1, -0.05) is 12.2 Å². The first-order valence-corrected chi connectivity index (χ1v) is 5.65. The van der Waals surface area contributed by atoms with Crippen LogP contribution in [0.2, 0.25) is 0 Å². The monoisotopic (exact) mass is 238 g/mol. The van der Waals surface area contributed by atoms with Crippen LogP contribution in [0.4, 0.5) is 5.69 Å². The lowest BCUT2D eigenvalue weighted by Crippen LogP contribution is -2.17. The Hall–Kier alpha value is -1.20. The molecule has 1 rings (SSSR count). The number of pyridine rings is 1. The number of hydrogen-bond donors (Lipinski definition) is 2. The first kappa shape index (κ1) is 12.9. The summed E-state index contributed by atoms with van der Waals surface area (Å²) >= 11 is 4.87. The largest absolute Gasteiger partial charge is 0.388 e. The second kappa shape index (κ2) is 6.40. The van der Waals surface area contributed by atoms with E-state index in [2.05, 4.69) is 29.3 Å². The zero-order valence-electron chi connectivity index (χ0n) is 9.73. The second-order valence-corrected chi connectivity index (χ2v) is 4.32. The molecule has 0 amide bonds. The minimum atomic E-state index is 0.331. The van der Waals surface area contributed by atoms with Gasteiger partial charge in [-0.15, -0.1) is 0 Å². The summed E-state index contributed by atoms with van der Waals surface area (Å²) in [6.45, 7) is 2.00. The molecule has 16 heavy (non-hydrogen) atoms. The maximum absolute atomic E-state index is 5.51. The fraction of sp³-hybridized carbons (Fsp3) is 0.455. The van der Waals surface area contributed by atoms with Crippen LogP contribution in [0.15, 0.2) is 18.3 Å². The van der Waals surface area contributed by atoms with E-state index in [-0.39, 0.29) is 0 Å². The SMILES string of the molecule is CN(C)CCCNc1ccnc(C(N)=S)c1. The van der Waals surface area contributed by atoms with Crippen molar-refractivity contribution in [1.29, 1.82) is 0 Å². The van der Waals surface area contributed by atoms with Crippen molar-refractivity contribution in [3.8, 4) is 0 Å². The second-order valence-electron chi connectivity index (χ2n) is 3.88. The van der Waals surface area contributed by atoms with Gasteiger partial charge in [0.25, 0.3) is 0 Å². The number of aromatic nitrogens is 1. The van der Waals surface area contributed by atoms with Gasteiger partial charge in [-0.3, -0.25) is 4.98 Å². The Morgan fingerprint density at radius 3 is 2.94 bits per heavy atom. The molecule has 3 N–H and O–H groups in total. The molecule has 0 saturated carbocycles. The molecule has 0 aromatic carbocycles. The quantitative estimate of drug-likeness (QED) is 0.574. The maximum Gasteiger partial charge on any atom is 0.122 e. The number of hydrogen-bond acceptors (Lipinski definition) is 4. The molecule has 0 aliphatic heterocycles. The molecule has 0 aliphatic rings. The minimum Gasteiger partial charge on any atom is -0.388 e. The predicted molar refractivity (Wildman–Crippen MR) is 71.8 cm³/mol. The van der Waals surface area contributed by atoms with Gasteiger partial charge < -0.3 is 16.0 Å². The van der Waals surface area contributed by atoms with Crippen molar-refractivity contribution in [1.82, 2.24) is 9.88 Å². The smallest absolute Gasteiger partial charge is 0.122 e. The maximum atomic E-state index is 5.51. The van der Waals surface area contributed by atoms with Gasteiger partial charge in [0, 0.05) is 18.4 Å². The van der Waals surface area contributed by atoms with E-state index in [0.29, 0.717) is 10.7 Å². The standard InChI is InChI=1S/C11H18N4S/c1-15(2)7-3-5-13-9-4-6-14-10(8-9)11(12)16/h4,6,8H,3,5,7H2,1-2H3,(H2,12,16)(H,13,14). The van der Waals surface area contributed by atoms with Crippen molar-refractivity contribution < 1.29 is 0 Å². The molecular formula is C11H18N4S. The van der Waals surface area contributed by atoms with Crippen LogP contribution < -0.4 is 11.1 Å². The van der Waals surface area contributed by atoms with E-state index < -0.39 is 0 Å². The summed E-state index contributed by atoms with van der Waals surface area (Å²) in [5, 5.41) is 3.31. The first-order valence-electron chi connectivity index (χ1n) is 5.24. The molecule has 1 aromatic heterocycles. The molecule has 0 saturated heterocycles. The highest BCUT2D eigenvalue weighted by molar-refractivity contribution is 7.80. The highest BCUT2D eigenvalue weighted by atomic mass is 32.1. The van der Waals surface area contributed by atoms with Crippen LogP contribution >= 0.6 is 12.2 Å². The fourth-order valence-electron chi connectivity index (χ4n) is 1.30. The molecule has 0 atom stereocenters. The summed E-state index contributed by atoms with van der Waals surface area (Å²) in [6.07, 6.45) is 2.81. The Morgan fingerprint density at radius 1 is 1.56 bits per heavy atom. The van der Waals surface area contributed by atoms with E-state index in [1.807, 2.05) is 12.1 Å². The van der Waals surface area contributed by atoms with Crippen molar-refractivity contribution >= 4 is 22.9 Å². The van der Waals surface area contributed by atoms with Gasteiger partial charge in [0.15, 0.2) is 0 Å². The number of anilines is 1. The lowest BCUT2D eigenvalue weighted by molar-refractivity contribution is 0.405. The Labute approximate surface area is 102 Å². The minimum absolute atomic E-state index is 0.331. The van der Waals surface area contributed by atoms with Crippen LogP contribution in [0.3, 0.4) is 0 Å². The zero-order chi connectivity index (χ0) is 12.0. The summed E-state index contributed by atoms with van der Waals surface area (Å²) in [4.78, 5) is 6.57. The van der Waals surface area contributed by atoms with Crippen LogP contribution in [0.1, 0.15) is 12.1 Å². The third-order valence-corrected chi connectivity index (χ3v) is 2.33. The number of nitrogens with one attached hydrogen (secondary N) is 1. The van der Waals surface area contributed by atoms with E-state index in [1.165, 1.54) is 0 Å². The molecule has 4 nitrogen and oxygen atoms in total. The third kappa shape index (κ3) is 4.55. The van der Waals surface area contributed by atoms with Crippen molar-refractivity contribution in [2.24, 2.45) is 5.73 Å². The highest BCUT2D eigenvalue weighted by Crippen LogP contribution is 2.07. The third-order valence-electron chi connectivity index (χ3n) is 2.12. The Morgan fingerprint density at radius 2 is 2.31 bits per heavy atom. The predicted octanol–water partition coefficient (Wildman–Crippen LogP) is 1.08. The molecular weight excluding hydrogens is 220 g/mol. The van der Waals surface area contributed by atoms with Crippen molar-refractivity contribution in [2.45, 2.75) is 6.42 Å². The van der Waals surface area contributed by atoms with Crippen LogP contribution in [0.25, 0.3) is 0 Å². The van der Waals surface area contributed by atoms with Crippen molar-refractivity contribution in [3.63, 3.8) is 0 Å². The molecule has 5 heteroatoms. The van der Waals surface area contributed by atoms with Crippen molar-refractivity contribution in [3.05, 3.63) is 24.0 Å². The average molecular weight is 238 g/mol. The molecule has 1 heterocycles. The lowest BCUT2D eigenvalue weighted by Gasteiger charge is -2.10. The molecule has 88 valence electrons. The topological polar surface area (TPSA) is 54.2 Å². The van der Waals surface area contributed by atoms with Gasteiger partial charge in [-0.25, -0.2) is 0 Å². The summed E-state index contributed by atoms with van der Waals surface area (Å²) in [7, 11) is 4.13. The Kier molecular flexibility index (Phi) is 5.14. The molecule has 0 radical (unpaired) electrons. The number of rotatable bonds is 6. The number of nitrogens with zero attached hydrogens (tertiary/aromatic N) is 2. The van der Waals surface area contributed by atoms with E-state index >= 15 is 0 Å². The van der Waals surface area contributed by atoms with Gasteiger partial charge >= 0.3 is 0 Å². The number of thiocarbonyl (C=S) groups is 1. The average Bonchev–Trinajstić information content (AvgIpc) is 2.24. The normalized spacial score (nSPS) is 10.4. The van der Waals surface area contributed by atoms with Gasteiger partial charge in [0.2, 0.25) is 0 Å². The van der Waals surface area contributed by atoms with E-state index in [4.69, 9.17) is 18.0 Å². The molecule has 0 spiro atoms. The van der Waals surface area contributed by atoms with Crippen LogP contribution in [0.5, 0.6) is 0 Å². The molecule has 1 aromatic rings. The van der Waals surface area contributed by atoms with Gasteiger partial charge in [0.1, 0.15) is 4.99 Å². The Balaban J connectivity index is 2.42. The summed E-state index contributed by atoms with van der Waals surface area (Å²) in [5.74, 6) is 0. The lowest BCUT2D eigenvalue weighted by atomic mass is 10.3. The van der Waals surface area contributed by atoms with E-state index in [1.54, 1.807) is 6.20 Å². The molecule has 0 bridgehead atoms. The summed E-state index contributed by atoms with van der Waals surface area (Å²) < 4.78 is 0. The number of nitrogens with two attached hydrogens (primary N) is 1. The van der Waals surface area contributed by atoms with E-state index in [0.717, 1.165) is 25.2 Å². The highest BCUT2D eigenvalue weighted by Gasteiger charge is 1.99. The summed E-state index contributed by atoms with van der Waals surface area (Å²) in [6, 6.07) is 3.79. The molecule has 0 aliphatic carbocycles. The molecule has 0 fully saturated rings. The van der Waals surface area contributed by atoms with Gasteiger partial charge in [-0.2, -0.15) is 0 Å². The van der Waals surface area contributed by atoms with Crippen molar-refractivity contribution in [2.75, 3.05) is 32.5 Å². The van der Waals surface area contributed by atoms with Crippen LogP contribution in [0, 0.1) is 0 Å².